The van der Waals surface area contributed by atoms with Gasteiger partial charge in [0.1, 0.15) is 0 Å². The van der Waals surface area contributed by atoms with Crippen molar-refractivity contribution in [2.45, 2.75) is 12.3 Å². The molecule has 4 nitrogen and oxygen atoms in total. The van der Waals surface area contributed by atoms with Gasteiger partial charge < -0.3 is 4.57 Å². The SMILES string of the molecule is C1=CC(c2cccc(-c3ccccc3)c2)CC=C1c1nc(-c2cccc(-n3c4ccccc4c4ccccc43)c2)n[nH]1. The van der Waals surface area contributed by atoms with Gasteiger partial charge in [-0.05, 0) is 47.4 Å². The van der Waals surface area contributed by atoms with Crippen molar-refractivity contribution in [2.24, 2.45) is 0 Å². The standard InChI is InChI=1S/C38H28N4/c1-2-10-26(11-3-1)29-12-8-13-30(24-29)27-20-22-28(23-21-27)37-39-38(41-40-37)31-14-9-15-32(25-31)42-35-18-6-4-16-33(35)34-17-5-7-19-36(34)42/h1-20,22-25,27H,21H2,(H,39,40,41). The molecule has 7 aromatic rings. The molecule has 1 aliphatic rings. The van der Waals surface area contributed by atoms with Crippen LogP contribution in [0.5, 0.6) is 0 Å². The number of nitrogens with one attached hydrogen (secondary N) is 1. The van der Waals surface area contributed by atoms with Gasteiger partial charge in [-0.1, -0.05) is 121 Å². The lowest BCUT2D eigenvalue weighted by molar-refractivity contribution is 0.855. The van der Waals surface area contributed by atoms with E-state index in [1.807, 2.05) is 0 Å². The predicted octanol–water partition coefficient (Wildman–Crippen LogP) is 9.36. The zero-order valence-corrected chi connectivity index (χ0v) is 23.0. The summed E-state index contributed by atoms with van der Waals surface area (Å²) in [4.78, 5) is 4.91. The first kappa shape index (κ1) is 24.3. The molecule has 0 radical (unpaired) electrons. The Morgan fingerprint density at radius 3 is 2.10 bits per heavy atom. The van der Waals surface area contributed by atoms with Crippen LogP contribution in [0.15, 0.2) is 146 Å². The summed E-state index contributed by atoms with van der Waals surface area (Å²) in [6, 6.07) is 45.0. The monoisotopic (exact) mass is 540 g/mol. The molecule has 0 saturated heterocycles. The van der Waals surface area contributed by atoms with E-state index in [0.717, 1.165) is 29.1 Å². The van der Waals surface area contributed by atoms with Gasteiger partial charge in [-0.25, -0.2) is 4.98 Å². The number of hydrogen-bond donors (Lipinski definition) is 1. The molecule has 1 unspecified atom stereocenters. The summed E-state index contributed by atoms with van der Waals surface area (Å²) in [7, 11) is 0. The van der Waals surface area contributed by atoms with Gasteiger partial charge >= 0.3 is 0 Å². The van der Waals surface area contributed by atoms with Gasteiger partial charge in [0.05, 0.1) is 11.0 Å². The lowest BCUT2D eigenvalue weighted by Crippen LogP contribution is -2.00. The molecule has 0 amide bonds. The summed E-state index contributed by atoms with van der Waals surface area (Å²) in [5, 5.41) is 10.3. The topological polar surface area (TPSA) is 46.5 Å². The molecule has 5 aromatic carbocycles. The lowest BCUT2D eigenvalue weighted by atomic mass is 9.88. The fourth-order valence-corrected chi connectivity index (χ4v) is 6.13. The number of benzene rings is 5. The number of allylic oxidation sites excluding steroid dienone is 4. The first-order valence-electron chi connectivity index (χ1n) is 14.4. The quantitative estimate of drug-likeness (QED) is 0.236. The molecule has 0 bridgehead atoms. The molecular weight excluding hydrogens is 512 g/mol. The molecule has 0 saturated carbocycles. The predicted molar refractivity (Wildman–Crippen MR) is 173 cm³/mol. The molecule has 0 aliphatic heterocycles. The highest BCUT2D eigenvalue weighted by atomic mass is 15.2. The van der Waals surface area contributed by atoms with Crippen LogP contribution in [0, 0.1) is 0 Å². The summed E-state index contributed by atoms with van der Waals surface area (Å²) >= 11 is 0. The van der Waals surface area contributed by atoms with Crippen molar-refractivity contribution in [3.63, 3.8) is 0 Å². The lowest BCUT2D eigenvalue weighted by Gasteiger charge is -2.17. The number of hydrogen-bond acceptors (Lipinski definition) is 2. The van der Waals surface area contributed by atoms with E-state index in [-0.39, 0.29) is 0 Å². The molecule has 1 aliphatic carbocycles. The Hall–Kier alpha value is -5.48. The number of para-hydroxylation sites is 2. The van der Waals surface area contributed by atoms with Crippen molar-refractivity contribution in [2.75, 3.05) is 0 Å². The maximum Gasteiger partial charge on any atom is 0.181 e. The molecule has 0 fully saturated rings. The van der Waals surface area contributed by atoms with Gasteiger partial charge in [-0.3, -0.25) is 5.10 Å². The summed E-state index contributed by atoms with van der Waals surface area (Å²) in [6.45, 7) is 0. The Balaban J connectivity index is 1.06. The van der Waals surface area contributed by atoms with Crippen LogP contribution >= 0.6 is 0 Å². The maximum atomic E-state index is 4.91. The Morgan fingerprint density at radius 1 is 0.643 bits per heavy atom. The Morgan fingerprint density at radius 2 is 1.33 bits per heavy atom. The number of nitrogens with zero attached hydrogens (tertiary/aromatic N) is 3. The van der Waals surface area contributed by atoms with E-state index in [2.05, 4.69) is 160 Å². The summed E-state index contributed by atoms with van der Waals surface area (Å²) in [5.74, 6) is 1.82. The molecule has 8 rings (SSSR count). The van der Waals surface area contributed by atoms with Gasteiger partial charge in [-0.2, -0.15) is 5.10 Å². The fourth-order valence-electron chi connectivity index (χ4n) is 6.13. The first-order valence-corrected chi connectivity index (χ1v) is 14.4. The number of aromatic nitrogens is 4. The highest BCUT2D eigenvalue weighted by Gasteiger charge is 2.17. The Bertz CT molecular complexity index is 2070. The average Bonchev–Trinajstić information content (AvgIpc) is 3.69. The minimum atomic E-state index is 0.336. The second-order valence-electron chi connectivity index (χ2n) is 10.8. The van der Waals surface area contributed by atoms with Crippen molar-refractivity contribution in [3.05, 3.63) is 157 Å². The van der Waals surface area contributed by atoms with Crippen LogP contribution in [0.4, 0.5) is 0 Å². The molecule has 1 N–H and O–H groups in total. The molecule has 200 valence electrons. The van der Waals surface area contributed by atoms with Crippen LogP contribution in [-0.4, -0.2) is 19.7 Å². The van der Waals surface area contributed by atoms with Gasteiger partial charge in [0.2, 0.25) is 0 Å². The van der Waals surface area contributed by atoms with Gasteiger partial charge in [0, 0.05) is 33.5 Å². The van der Waals surface area contributed by atoms with Crippen LogP contribution in [0.2, 0.25) is 0 Å². The van der Waals surface area contributed by atoms with Crippen LogP contribution in [-0.2, 0) is 0 Å². The van der Waals surface area contributed by atoms with E-state index >= 15 is 0 Å². The number of aromatic amines is 1. The highest BCUT2D eigenvalue weighted by Crippen LogP contribution is 2.34. The van der Waals surface area contributed by atoms with Crippen LogP contribution in [0.3, 0.4) is 0 Å². The number of rotatable bonds is 5. The van der Waals surface area contributed by atoms with E-state index in [1.165, 1.54) is 38.5 Å². The van der Waals surface area contributed by atoms with Crippen molar-refractivity contribution in [1.29, 1.82) is 0 Å². The average molecular weight is 541 g/mol. The van der Waals surface area contributed by atoms with Crippen molar-refractivity contribution in [1.82, 2.24) is 19.7 Å². The van der Waals surface area contributed by atoms with Gasteiger partial charge in [-0.15, -0.1) is 0 Å². The molecule has 4 heteroatoms. The number of H-pyrrole nitrogens is 1. The third-order valence-electron chi connectivity index (χ3n) is 8.22. The first-order chi connectivity index (χ1) is 20.8. The van der Waals surface area contributed by atoms with Crippen LogP contribution in [0.25, 0.3) is 55.6 Å². The molecule has 2 aromatic heterocycles. The van der Waals surface area contributed by atoms with Gasteiger partial charge in [0.25, 0.3) is 0 Å². The normalized spacial score (nSPS) is 14.9. The van der Waals surface area contributed by atoms with E-state index in [9.17, 15) is 0 Å². The molecule has 2 heterocycles. The van der Waals surface area contributed by atoms with E-state index in [1.54, 1.807) is 0 Å². The zero-order chi connectivity index (χ0) is 27.9. The van der Waals surface area contributed by atoms with Crippen molar-refractivity contribution in [3.8, 4) is 28.2 Å². The third kappa shape index (κ3) is 4.25. The minimum absolute atomic E-state index is 0.336. The fraction of sp³-hybridized carbons (Fsp3) is 0.0526. The molecule has 42 heavy (non-hydrogen) atoms. The van der Waals surface area contributed by atoms with E-state index in [4.69, 9.17) is 4.98 Å². The second-order valence-corrected chi connectivity index (χ2v) is 10.8. The minimum Gasteiger partial charge on any atom is -0.309 e. The van der Waals surface area contributed by atoms with E-state index < -0.39 is 0 Å². The van der Waals surface area contributed by atoms with Crippen molar-refractivity contribution < 1.29 is 0 Å². The summed E-state index contributed by atoms with van der Waals surface area (Å²) < 4.78 is 2.32. The Labute approximate surface area is 244 Å². The van der Waals surface area contributed by atoms with Crippen LogP contribution in [0.1, 0.15) is 23.7 Å². The highest BCUT2D eigenvalue weighted by molar-refractivity contribution is 6.09. The van der Waals surface area contributed by atoms with Gasteiger partial charge in [0.15, 0.2) is 11.6 Å². The summed E-state index contributed by atoms with van der Waals surface area (Å²) in [5.41, 5.74) is 9.33. The maximum absolute atomic E-state index is 4.91. The van der Waals surface area contributed by atoms with E-state index in [0.29, 0.717) is 11.7 Å². The zero-order valence-electron chi connectivity index (χ0n) is 23.0. The Kier molecular flexibility index (Phi) is 5.89. The summed E-state index contributed by atoms with van der Waals surface area (Å²) in [6.07, 6.45) is 7.63. The smallest absolute Gasteiger partial charge is 0.181 e. The third-order valence-corrected chi connectivity index (χ3v) is 8.22. The van der Waals surface area contributed by atoms with Crippen molar-refractivity contribution >= 4 is 27.4 Å². The molecule has 0 spiro atoms. The number of fused-ring (bicyclic) bond motifs is 3. The molecule has 1 atom stereocenters. The molecular formula is C38H28N4. The van der Waals surface area contributed by atoms with Crippen LogP contribution < -0.4 is 0 Å². The second kappa shape index (κ2) is 10.2. The largest absolute Gasteiger partial charge is 0.309 e.